The summed E-state index contributed by atoms with van der Waals surface area (Å²) in [4.78, 5) is 38.2. The average Bonchev–Trinajstić information content (AvgIpc) is 3.16. The number of aromatic nitrogens is 5. The van der Waals surface area contributed by atoms with Crippen LogP contribution in [-0.4, -0.2) is 78.8 Å². The maximum Gasteiger partial charge on any atom is 0.410 e. The molecule has 2 amide bonds. The predicted molar refractivity (Wildman–Crippen MR) is 138 cm³/mol. The number of carbonyl (C=O) groups excluding carboxylic acids is 2. The number of anilines is 2. The van der Waals surface area contributed by atoms with Crippen LogP contribution in [0, 0.1) is 6.92 Å². The first-order valence-corrected chi connectivity index (χ1v) is 12.4. The Morgan fingerprint density at radius 2 is 1.78 bits per heavy atom. The Morgan fingerprint density at radius 3 is 2.38 bits per heavy atom. The number of carbonyl (C=O) groups is 2. The third kappa shape index (κ3) is 5.89. The fourth-order valence-corrected chi connectivity index (χ4v) is 4.36. The van der Waals surface area contributed by atoms with E-state index >= 15 is 0 Å². The third-order valence-corrected chi connectivity index (χ3v) is 5.80. The van der Waals surface area contributed by atoms with Gasteiger partial charge in [-0.15, -0.1) is 10.2 Å². The van der Waals surface area contributed by atoms with Crippen molar-refractivity contribution >= 4 is 29.4 Å². The summed E-state index contributed by atoms with van der Waals surface area (Å²) in [5.74, 6) is 1.20. The van der Waals surface area contributed by atoms with E-state index in [0.717, 1.165) is 5.69 Å². The van der Waals surface area contributed by atoms with Crippen molar-refractivity contribution in [1.29, 1.82) is 0 Å². The van der Waals surface area contributed by atoms with Gasteiger partial charge >= 0.3 is 6.09 Å². The van der Waals surface area contributed by atoms with E-state index in [2.05, 4.69) is 30.4 Å². The second-order valence-electron chi connectivity index (χ2n) is 10.2. The van der Waals surface area contributed by atoms with Gasteiger partial charge in [-0.05, 0) is 60.6 Å². The molecule has 4 heterocycles. The predicted octanol–water partition coefficient (Wildman–Crippen LogP) is 3.31. The van der Waals surface area contributed by atoms with Crippen LogP contribution in [0.15, 0.2) is 24.5 Å². The SMILES string of the molecule is CCOc1nc2nc(C)cn2cc1C(=O)Nc1ccc(N2C[C@@H](C)N(C(=O)OC(C)(C)C)[C@@H](C)C2)nn1. The van der Waals surface area contributed by atoms with E-state index in [9.17, 15) is 9.59 Å². The molecule has 1 N–H and O–H groups in total. The quantitative estimate of drug-likeness (QED) is 0.550. The summed E-state index contributed by atoms with van der Waals surface area (Å²) in [5, 5.41) is 11.3. The maximum absolute atomic E-state index is 13.0. The molecule has 0 saturated carbocycles. The fourth-order valence-electron chi connectivity index (χ4n) is 4.36. The zero-order chi connectivity index (χ0) is 26.9. The van der Waals surface area contributed by atoms with E-state index in [-0.39, 0.29) is 29.6 Å². The lowest BCUT2D eigenvalue weighted by Crippen LogP contribution is -2.59. The standard InChI is InChI=1S/C25H34N8O4/c1-8-36-22-18(14-32-11-15(2)26-23(32)28-22)21(34)27-19-9-10-20(30-29-19)31-12-16(3)33(17(4)13-31)24(35)37-25(5,6)7/h9-11,14,16-17H,8,12-13H2,1-7H3,(H,27,29,34)/t16-,17+. The Bertz CT molecular complexity index is 1270. The molecule has 0 aromatic carbocycles. The normalized spacial score (nSPS) is 18.1. The number of nitrogens with zero attached hydrogens (tertiary/aromatic N) is 7. The highest BCUT2D eigenvalue weighted by Gasteiger charge is 2.36. The van der Waals surface area contributed by atoms with Gasteiger partial charge in [0, 0.05) is 25.5 Å². The van der Waals surface area contributed by atoms with Crippen molar-refractivity contribution in [3.05, 3.63) is 35.8 Å². The van der Waals surface area contributed by atoms with Crippen molar-refractivity contribution in [2.24, 2.45) is 0 Å². The van der Waals surface area contributed by atoms with Gasteiger partial charge in [0.25, 0.3) is 5.91 Å². The van der Waals surface area contributed by atoms with Crippen LogP contribution in [0.25, 0.3) is 5.78 Å². The zero-order valence-corrected chi connectivity index (χ0v) is 22.3. The molecule has 0 aliphatic carbocycles. The van der Waals surface area contributed by atoms with Crippen LogP contribution in [0.3, 0.4) is 0 Å². The van der Waals surface area contributed by atoms with Gasteiger partial charge in [-0.25, -0.2) is 9.78 Å². The topological polar surface area (TPSA) is 127 Å². The number of imidazole rings is 1. The van der Waals surface area contributed by atoms with Crippen LogP contribution in [0.5, 0.6) is 5.88 Å². The van der Waals surface area contributed by atoms with Crippen molar-refractivity contribution in [2.75, 3.05) is 29.9 Å². The molecule has 3 aromatic heterocycles. The number of rotatable bonds is 5. The largest absolute Gasteiger partial charge is 0.477 e. The van der Waals surface area contributed by atoms with Crippen LogP contribution in [0.2, 0.25) is 0 Å². The number of hydrogen-bond donors (Lipinski definition) is 1. The van der Waals surface area contributed by atoms with Crippen LogP contribution in [0.1, 0.15) is 57.6 Å². The Labute approximate surface area is 216 Å². The van der Waals surface area contributed by atoms with Crippen LogP contribution >= 0.6 is 0 Å². The van der Waals surface area contributed by atoms with E-state index in [1.54, 1.807) is 33.8 Å². The first-order valence-electron chi connectivity index (χ1n) is 12.4. The summed E-state index contributed by atoms with van der Waals surface area (Å²) >= 11 is 0. The zero-order valence-electron chi connectivity index (χ0n) is 22.3. The maximum atomic E-state index is 13.0. The molecule has 1 aliphatic heterocycles. The molecular formula is C25H34N8O4. The van der Waals surface area contributed by atoms with E-state index in [0.29, 0.717) is 37.1 Å². The summed E-state index contributed by atoms with van der Waals surface area (Å²) in [6.07, 6.45) is 3.10. The summed E-state index contributed by atoms with van der Waals surface area (Å²) in [6, 6.07) is 3.34. The second kappa shape index (κ2) is 10.2. The lowest BCUT2D eigenvalue weighted by atomic mass is 10.1. The molecule has 4 rings (SSSR count). The highest BCUT2D eigenvalue weighted by atomic mass is 16.6. The summed E-state index contributed by atoms with van der Waals surface area (Å²) in [7, 11) is 0. The Hall–Kier alpha value is -3.96. The van der Waals surface area contributed by atoms with Crippen LogP contribution < -0.4 is 15.0 Å². The molecule has 1 fully saturated rings. The molecule has 1 aliphatic rings. The smallest absolute Gasteiger partial charge is 0.410 e. The minimum Gasteiger partial charge on any atom is -0.477 e. The van der Waals surface area contributed by atoms with Crippen LogP contribution in [0.4, 0.5) is 16.4 Å². The van der Waals surface area contributed by atoms with E-state index in [4.69, 9.17) is 9.47 Å². The fraction of sp³-hybridized carbons (Fsp3) is 0.520. The molecular weight excluding hydrogens is 476 g/mol. The number of fused-ring (bicyclic) bond motifs is 1. The number of amides is 2. The van der Waals surface area contributed by atoms with Crippen molar-refractivity contribution < 1.29 is 19.1 Å². The van der Waals surface area contributed by atoms with Gasteiger partial charge in [0.05, 0.1) is 24.4 Å². The van der Waals surface area contributed by atoms with E-state index in [1.165, 1.54) is 0 Å². The van der Waals surface area contributed by atoms with Gasteiger partial charge in [-0.1, -0.05) is 0 Å². The summed E-state index contributed by atoms with van der Waals surface area (Å²) in [5.41, 5.74) is 0.491. The van der Waals surface area contributed by atoms with Crippen molar-refractivity contribution in [2.45, 2.75) is 66.2 Å². The van der Waals surface area contributed by atoms with Gasteiger partial charge in [-0.2, -0.15) is 4.98 Å². The molecule has 0 spiro atoms. The number of ether oxygens (including phenoxy) is 2. The van der Waals surface area contributed by atoms with Crippen LogP contribution in [-0.2, 0) is 4.74 Å². The van der Waals surface area contributed by atoms with Gasteiger partial charge in [0.15, 0.2) is 11.6 Å². The van der Waals surface area contributed by atoms with Crippen molar-refractivity contribution in [3.8, 4) is 5.88 Å². The molecule has 0 radical (unpaired) electrons. The molecule has 0 bridgehead atoms. The van der Waals surface area contributed by atoms with Crippen molar-refractivity contribution in [1.82, 2.24) is 29.5 Å². The van der Waals surface area contributed by atoms with E-state index in [1.807, 2.05) is 48.5 Å². The lowest BCUT2D eigenvalue weighted by molar-refractivity contribution is 0.00559. The summed E-state index contributed by atoms with van der Waals surface area (Å²) in [6.45, 7) is 14.7. The minimum absolute atomic E-state index is 0.0778. The number of nitrogens with one attached hydrogen (secondary N) is 1. The first-order chi connectivity index (χ1) is 17.4. The average molecular weight is 511 g/mol. The highest BCUT2D eigenvalue weighted by Crippen LogP contribution is 2.24. The Morgan fingerprint density at radius 1 is 1.08 bits per heavy atom. The third-order valence-electron chi connectivity index (χ3n) is 5.80. The first kappa shape index (κ1) is 26.1. The summed E-state index contributed by atoms with van der Waals surface area (Å²) < 4.78 is 12.8. The number of hydrogen-bond acceptors (Lipinski definition) is 9. The molecule has 37 heavy (non-hydrogen) atoms. The monoisotopic (exact) mass is 510 g/mol. The highest BCUT2D eigenvalue weighted by molar-refractivity contribution is 6.05. The number of piperazine rings is 1. The molecule has 12 heteroatoms. The molecule has 0 unspecified atom stereocenters. The molecule has 12 nitrogen and oxygen atoms in total. The van der Waals surface area contributed by atoms with E-state index < -0.39 is 11.5 Å². The minimum atomic E-state index is -0.553. The molecule has 1 saturated heterocycles. The molecule has 198 valence electrons. The Kier molecular flexibility index (Phi) is 7.19. The van der Waals surface area contributed by atoms with Gasteiger partial charge < -0.3 is 19.7 Å². The number of aryl methyl sites for hydroxylation is 1. The van der Waals surface area contributed by atoms with Gasteiger partial charge in [0.2, 0.25) is 11.7 Å². The Balaban J connectivity index is 1.45. The lowest BCUT2D eigenvalue weighted by Gasteiger charge is -2.44. The molecule has 3 aromatic rings. The van der Waals surface area contributed by atoms with Gasteiger partial charge in [0.1, 0.15) is 11.2 Å². The van der Waals surface area contributed by atoms with Gasteiger partial charge in [-0.3, -0.25) is 14.1 Å². The van der Waals surface area contributed by atoms with Crippen molar-refractivity contribution in [3.63, 3.8) is 0 Å². The molecule has 2 atom stereocenters. The second-order valence-corrected chi connectivity index (χ2v) is 10.2.